The van der Waals surface area contributed by atoms with Gasteiger partial charge in [0.25, 0.3) is 0 Å². The highest BCUT2D eigenvalue weighted by Gasteiger charge is 2.30. The minimum Gasteiger partial charge on any atom is -0.481 e. The van der Waals surface area contributed by atoms with Crippen molar-refractivity contribution in [1.82, 2.24) is 4.98 Å². The topological polar surface area (TPSA) is 50.2 Å². The van der Waals surface area contributed by atoms with Crippen LogP contribution in [0.4, 0.5) is 0 Å². The second-order valence-electron chi connectivity index (χ2n) is 3.65. The quantitative estimate of drug-likeness (QED) is 0.752. The van der Waals surface area contributed by atoms with Crippen LogP contribution in [-0.2, 0) is 10.2 Å². The highest BCUT2D eigenvalue weighted by Crippen LogP contribution is 2.21. The van der Waals surface area contributed by atoms with Gasteiger partial charge in [-0.1, -0.05) is 0 Å². The van der Waals surface area contributed by atoms with Gasteiger partial charge in [0.05, 0.1) is 5.69 Å². The molecule has 1 aromatic heterocycles. The predicted molar refractivity (Wildman–Crippen MR) is 49.6 cm³/mol. The van der Waals surface area contributed by atoms with E-state index in [2.05, 4.69) is 4.98 Å². The molecular formula is C10H13NO2. The van der Waals surface area contributed by atoms with E-state index in [1.807, 2.05) is 13.0 Å². The molecule has 0 aliphatic rings. The van der Waals surface area contributed by atoms with Crippen molar-refractivity contribution < 1.29 is 9.90 Å². The maximum atomic E-state index is 10.9. The van der Waals surface area contributed by atoms with Crippen LogP contribution in [0.2, 0.25) is 0 Å². The minimum absolute atomic E-state index is 0.597. The molecule has 1 N–H and O–H groups in total. The summed E-state index contributed by atoms with van der Waals surface area (Å²) in [6.45, 7) is 5.22. The zero-order chi connectivity index (χ0) is 10.1. The Bertz CT molecular complexity index is 331. The number of pyridine rings is 1. The molecule has 1 aromatic rings. The van der Waals surface area contributed by atoms with E-state index >= 15 is 0 Å². The summed E-state index contributed by atoms with van der Waals surface area (Å²) in [4.78, 5) is 14.9. The van der Waals surface area contributed by atoms with Crippen LogP contribution in [0.5, 0.6) is 0 Å². The smallest absolute Gasteiger partial charge is 0.315 e. The summed E-state index contributed by atoms with van der Waals surface area (Å²) in [6, 6.07) is 3.65. The molecule has 0 atom stereocenters. The standard InChI is InChI=1S/C10H13NO2/c1-7-4-5-11-8(6-7)10(2,3)9(12)13/h4-6H,1-3H3,(H,12,13). The van der Waals surface area contributed by atoms with E-state index in [1.54, 1.807) is 26.1 Å². The van der Waals surface area contributed by atoms with Crippen LogP contribution >= 0.6 is 0 Å². The second kappa shape index (κ2) is 3.17. The molecular weight excluding hydrogens is 166 g/mol. The average molecular weight is 179 g/mol. The first-order valence-corrected chi connectivity index (χ1v) is 4.11. The number of rotatable bonds is 2. The molecule has 0 saturated carbocycles. The van der Waals surface area contributed by atoms with Crippen LogP contribution in [0, 0.1) is 6.92 Å². The predicted octanol–water partition coefficient (Wildman–Crippen LogP) is 1.75. The minimum atomic E-state index is -0.911. The number of nitrogens with zero attached hydrogens (tertiary/aromatic N) is 1. The van der Waals surface area contributed by atoms with E-state index in [0.29, 0.717) is 5.69 Å². The van der Waals surface area contributed by atoms with Crippen LogP contribution < -0.4 is 0 Å². The van der Waals surface area contributed by atoms with Crippen molar-refractivity contribution in [2.24, 2.45) is 0 Å². The van der Waals surface area contributed by atoms with Gasteiger partial charge < -0.3 is 5.11 Å². The van der Waals surface area contributed by atoms with Gasteiger partial charge in [0, 0.05) is 6.20 Å². The third kappa shape index (κ3) is 1.86. The van der Waals surface area contributed by atoms with E-state index in [4.69, 9.17) is 5.11 Å². The van der Waals surface area contributed by atoms with Crippen LogP contribution in [0.15, 0.2) is 18.3 Å². The van der Waals surface area contributed by atoms with E-state index in [9.17, 15) is 4.79 Å². The Morgan fingerprint density at radius 3 is 2.62 bits per heavy atom. The van der Waals surface area contributed by atoms with Gasteiger partial charge in [-0.2, -0.15) is 0 Å². The third-order valence-corrected chi connectivity index (χ3v) is 2.09. The molecule has 1 heterocycles. The molecule has 0 aliphatic carbocycles. The first-order valence-electron chi connectivity index (χ1n) is 4.11. The Hall–Kier alpha value is -1.38. The summed E-state index contributed by atoms with van der Waals surface area (Å²) in [5, 5.41) is 8.95. The molecule has 0 saturated heterocycles. The molecule has 0 aromatic carbocycles. The Morgan fingerprint density at radius 2 is 2.15 bits per heavy atom. The molecule has 1 rings (SSSR count). The first-order chi connectivity index (χ1) is 5.94. The SMILES string of the molecule is Cc1ccnc(C(C)(C)C(=O)O)c1. The summed E-state index contributed by atoms with van der Waals surface area (Å²) in [6.07, 6.45) is 1.63. The van der Waals surface area contributed by atoms with Gasteiger partial charge in [-0.3, -0.25) is 9.78 Å². The van der Waals surface area contributed by atoms with Crippen molar-refractivity contribution in [1.29, 1.82) is 0 Å². The summed E-state index contributed by atoms with van der Waals surface area (Å²) in [5.74, 6) is -0.856. The van der Waals surface area contributed by atoms with Crippen molar-refractivity contribution >= 4 is 5.97 Å². The average Bonchev–Trinajstić information content (AvgIpc) is 2.04. The third-order valence-electron chi connectivity index (χ3n) is 2.09. The molecule has 0 unspecified atom stereocenters. The zero-order valence-corrected chi connectivity index (χ0v) is 8.03. The molecule has 0 radical (unpaired) electrons. The molecule has 3 heteroatoms. The Labute approximate surface area is 77.4 Å². The second-order valence-corrected chi connectivity index (χ2v) is 3.65. The largest absolute Gasteiger partial charge is 0.481 e. The Balaban J connectivity index is 3.14. The summed E-state index contributed by atoms with van der Waals surface area (Å²) < 4.78 is 0. The number of hydrogen-bond acceptors (Lipinski definition) is 2. The summed E-state index contributed by atoms with van der Waals surface area (Å²) >= 11 is 0. The Kier molecular flexibility index (Phi) is 2.36. The zero-order valence-electron chi connectivity index (χ0n) is 8.03. The van der Waals surface area contributed by atoms with E-state index in [1.165, 1.54) is 0 Å². The lowest BCUT2D eigenvalue weighted by atomic mass is 9.88. The highest BCUT2D eigenvalue weighted by molar-refractivity contribution is 5.79. The van der Waals surface area contributed by atoms with Crippen LogP contribution in [0.1, 0.15) is 25.1 Å². The molecule has 0 aliphatic heterocycles. The lowest BCUT2D eigenvalue weighted by Crippen LogP contribution is -2.29. The fourth-order valence-electron chi connectivity index (χ4n) is 0.988. The highest BCUT2D eigenvalue weighted by atomic mass is 16.4. The normalized spacial score (nSPS) is 11.3. The van der Waals surface area contributed by atoms with Gasteiger partial charge in [0.15, 0.2) is 0 Å². The van der Waals surface area contributed by atoms with Crippen molar-refractivity contribution in [2.45, 2.75) is 26.2 Å². The van der Waals surface area contributed by atoms with Crippen LogP contribution in [0.25, 0.3) is 0 Å². The number of hydrogen-bond donors (Lipinski definition) is 1. The van der Waals surface area contributed by atoms with E-state index in [0.717, 1.165) is 5.56 Å². The van der Waals surface area contributed by atoms with Gasteiger partial charge in [-0.05, 0) is 38.5 Å². The van der Waals surface area contributed by atoms with Crippen LogP contribution in [0.3, 0.4) is 0 Å². The number of aliphatic carboxylic acids is 1. The van der Waals surface area contributed by atoms with Crippen molar-refractivity contribution in [3.8, 4) is 0 Å². The van der Waals surface area contributed by atoms with Crippen molar-refractivity contribution in [3.63, 3.8) is 0 Å². The molecule has 0 amide bonds. The lowest BCUT2D eigenvalue weighted by molar-refractivity contribution is -0.142. The number of carboxylic acid groups (broad SMARTS) is 1. The van der Waals surface area contributed by atoms with Crippen molar-refractivity contribution in [3.05, 3.63) is 29.6 Å². The van der Waals surface area contributed by atoms with Gasteiger partial charge in [-0.15, -0.1) is 0 Å². The van der Waals surface area contributed by atoms with Gasteiger partial charge in [0.1, 0.15) is 5.41 Å². The molecule has 70 valence electrons. The van der Waals surface area contributed by atoms with Gasteiger partial charge in [-0.25, -0.2) is 0 Å². The number of aromatic nitrogens is 1. The monoisotopic (exact) mass is 179 g/mol. The van der Waals surface area contributed by atoms with Crippen LogP contribution in [-0.4, -0.2) is 16.1 Å². The maximum Gasteiger partial charge on any atom is 0.315 e. The van der Waals surface area contributed by atoms with Crippen molar-refractivity contribution in [2.75, 3.05) is 0 Å². The maximum absolute atomic E-state index is 10.9. The number of carboxylic acids is 1. The molecule has 13 heavy (non-hydrogen) atoms. The van der Waals surface area contributed by atoms with Gasteiger partial charge >= 0.3 is 5.97 Å². The van der Waals surface area contributed by atoms with Gasteiger partial charge in [0.2, 0.25) is 0 Å². The first kappa shape index (κ1) is 9.71. The van der Waals surface area contributed by atoms with E-state index < -0.39 is 11.4 Å². The number of aryl methyl sites for hydroxylation is 1. The summed E-state index contributed by atoms with van der Waals surface area (Å²) in [7, 11) is 0. The molecule has 3 nitrogen and oxygen atoms in total. The Morgan fingerprint density at radius 1 is 1.54 bits per heavy atom. The lowest BCUT2D eigenvalue weighted by Gasteiger charge is -2.18. The molecule has 0 fully saturated rings. The molecule has 0 bridgehead atoms. The molecule has 0 spiro atoms. The number of carbonyl (C=O) groups is 1. The van der Waals surface area contributed by atoms with E-state index in [-0.39, 0.29) is 0 Å². The fourth-order valence-corrected chi connectivity index (χ4v) is 0.988. The fraction of sp³-hybridized carbons (Fsp3) is 0.400. The summed E-state index contributed by atoms with van der Waals surface area (Å²) in [5.41, 5.74) is 0.714.